The van der Waals surface area contributed by atoms with Gasteiger partial charge >= 0.3 is 0 Å². The number of carbonyl (C=O) groups excluding carboxylic acids is 1. The second kappa shape index (κ2) is 5.87. The molecule has 0 spiro atoms. The Morgan fingerprint density at radius 3 is 2.60 bits per heavy atom. The van der Waals surface area contributed by atoms with Gasteiger partial charge in [-0.15, -0.1) is 0 Å². The Kier molecular flexibility index (Phi) is 4.19. The highest BCUT2D eigenvalue weighted by atomic mass is 16.6. The Balaban J connectivity index is 2.10. The first-order valence-electron chi connectivity index (χ1n) is 6.51. The van der Waals surface area contributed by atoms with Crippen molar-refractivity contribution < 1.29 is 14.8 Å². The fraction of sp³-hybridized carbons (Fsp3) is 0.462. The van der Waals surface area contributed by atoms with Gasteiger partial charge in [-0.2, -0.15) is 0 Å². The molecule has 1 saturated carbocycles. The molecule has 4 N–H and O–H groups in total. The van der Waals surface area contributed by atoms with Gasteiger partial charge in [-0.1, -0.05) is 6.07 Å². The van der Waals surface area contributed by atoms with Gasteiger partial charge in [0.2, 0.25) is 0 Å². The molecule has 7 nitrogen and oxygen atoms in total. The van der Waals surface area contributed by atoms with E-state index in [1.54, 1.807) is 0 Å². The number of rotatable bonds is 3. The molecule has 2 rings (SSSR count). The average molecular weight is 279 g/mol. The lowest BCUT2D eigenvalue weighted by molar-refractivity contribution is -0.383. The van der Waals surface area contributed by atoms with Crippen LogP contribution in [0.2, 0.25) is 0 Å². The van der Waals surface area contributed by atoms with Gasteiger partial charge in [0.05, 0.1) is 16.6 Å². The number of para-hydroxylation sites is 1. The zero-order chi connectivity index (χ0) is 14.7. The molecule has 1 amide bonds. The molecule has 1 fully saturated rings. The van der Waals surface area contributed by atoms with Crippen LogP contribution in [-0.2, 0) is 0 Å². The fourth-order valence-electron chi connectivity index (χ4n) is 2.39. The minimum atomic E-state index is -0.608. The molecule has 1 aromatic carbocycles. The number of hydrogen-bond donors (Lipinski definition) is 3. The van der Waals surface area contributed by atoms with Crippen molar-refractivity contribution in [2.75, 3.05) is 5.73 Å². The first kappa shape index (κ1) is 14.3. The molecule has 0 saturated heterocycles. The van der Waals surface area contributed by atoms with Gasteiger partial charge in [0, 0.05) is 12.1 Å². The van der Waals surface area contributed by atoms with Crippen LogP contribution in [0.15, 0.2) is 18.2 Å². The lowest BCUT2D eigenvalue weighted by Gasteiger charge is -2.26. The zero-order valence-corrected chi connectivity index (χ0v) is 10.9. The summed E-state index contributed by atoms with van der Waals surface area (Å²) < 4.78 is 0. The number of amides is 1. The highest BCUT2D eigenvalue weighted by Gasteiger charge is 2.24. The second-order valence-corrected chi connectivity index (χ2v) is 4.97. The van der Waals surface area contributed by atoms with Crippen molar-refractivity contribution in [1.29, 1.82) is 0 Å². The summed E-state index contributed by atoms with van der Waals surface area (Å²) in [6.45, 7) is 0. The van der Waals surface area contributed by atoms with E-state index in [1.165, 1.54) is 18.2 Å². The van der Waals surface area contributed by atoms with Gasteiger partial charge in [-0.05, 0) is 31.7 Å². The Morgan fingerprint density at radius 1 is 1.35 bits per heavy atom. The van der Waals surface area contributed by atoms with Crippen molar-refractivity contribution in [3.05, 3.63) is 33.9 Å². The van der Waals surface area contributed by atoms with E-state index in [0.29, 0.717) is 25.7 Å². The lowest BCUT2D eigenvalue weighted by atomic mass is 9.93. The summed E-state index contributed by atoms with van der Waals surface area (Å²) in [5.41, 5.74) is 5.40. The summed E-state index contributed by atoms with van der Waals surface area (Å²) in [6, 6.07) is 4.15. The average Bonchev–Trinajstić information content (AvgIpc) is 2.41. The molecule has 0 unspecified atom stereocenters. The van der Waals surface area contributed by atoms with Crippen molar-refractivity contribution in [3.8, 4) is 0 Å². The van der Waals surface area contributed by atoms with Crippen LogP contribution in [0.5, 0.6) is 0 Å². The Hall–Kier alpha value is -2.15. The molecule has 0 heterocycles. The quantitative estimate of drug-likeness (QED) is 0.436. The number of benzene rings is 1. The highest BCUT2D eigenvalue weighted by molar-refractivity contribution is 6.01. The molecule has 1 aliphatic carbocycles. The van der Waals surface area contributed by atoms with E-state index in [4.69, 9.17) is 5.73 Å². The number of hydrogen-bond acceptors (Lipinski definition) is 5. The Bertz CT molecular complexity index is 524. The highest BCUT2D eigenvalue weighted by Crippen LogP contribution is 2.25. The summed E-state index contributed by atoms with van der Waals surface area (Å²) in [7, 11) is 0. The summed E-state index contributed by atoms with van der Waals surface area (Å²) >= 11 is 0. The molecule has 108 valence electrons. The maximum atomic E-state index is 12.1. The fourth-order valence-corrected chi connectivity index (χ4v) is 2.39. The minimum absolute atomic E-state index is 0.0236. The van der Waals surface area contributed by atoms with Crippen LogP contribution < -0.4 is 11.1 Å². The van der Waals surface area contributed by atoms with Gasteiger partial charge in [0.15, 0.2) is 0 Å². The standard InChI is InChI=1S/C13H17N3O4/c14-12-10(2-1-3-11(12)16(19)20)13(18)15-8-4-6-9(17)7-5-8/h1-3,8-9,17H,4-7,14H2,(H,15,18). The largest absolute Gasteiger partial charge is 0.393 e. The summed E-state index contributed by atoms with van der Waals surface area (Å²) in [5.74, 6) is -0.410. The molecule has 0 radical (unpaired) electrons. The summed E-state index contributed by atoms with van der Waals surface area (Å²) in [4.78, 5) is 22.3. The van der Waals surface area contributed by atoms with Crippen LogP contribution in [0, 0.1) is 10.1 Å². The van der Waals surface area contributed by atoms with E-state index in [1.807, 2.05) is 0 Å². The molecule has 1 aromatic rings. The number of aliphatic hydroxyl groups is 1. The van der Waals surface area contributed by atoms with E-state index in [9.17, 15) is 20.0 Å². The van der Waals surface area contributed by atoms with Crippen LogP contribution in [0.25, 0.3) is 0 Å². The normalized spacial score (nSPS) is 22.2. The molecule has 0 aliphatic heterocycles. The van der Waals surface area contributed by atoms with Crippen LogP contribution in [0.1, 0.15) is 36.0 Å². The molecular formula is C13H17N3O4. The molecule has 0 bridgehead atoms. The van der Waals surface area contributed by atoms with Gasteiger partial charge < -0.3 is 16.2 Å². The van der Waals surface area contributed by atoms with E-state index >= 15 is 0 Å². The zero-order valence-electron chi connectivity index (χ0n) is 10.9. The maximum absolute atomic E-state index is 12.1. The minimum Gasteiger partial charge on any atom is -0.393 e. The predicted molar refractivity (Wildman–Crippen MR) is 73.2 cm³/mol. The number of nitro groups is 1. The number of anilines is 1. The first-order valence-corrected chi connectivity index (χ1v) is 6.51. The maximum Gasteiger partial charge on any atom is 0.292 e. The molecule has 0 atom stereocenters. The van der Waals surface area contributed by atoms with Gasteiger partial charge in [-0.3, -0.25) is 14.9 Å². The summed E-state index contributed by atoms with van der Waals surface area (Å²) in [6.07, 6.45) is 2.39. The van der Waals surface area contributed by atoms with E-state index in [-0.39, 0.29) is 29.1 Å². The van der Waals surface area contributed by atoms with Crippen molar-refractivity contribution in [2.24, 2.45) is 0 Å². The lowest BCUT2D eigenvalue weighted by Crippen LogP contribution is -2.38. The topological polar surface area (TPSA) is 118 Å². The van der Waals surface area contributed by atoms with Gasteiger partial charge in [-0.25, -0.2) is 0 Å². The number of nitrogen functional groups attached to an aromatic ring is 1. The van der Waals surface area contributed by atoms with Gasteiger partial charge in [0.1, 0.15) is 5.69 Å². The Morgan fingerprint density at radius 2 is 2.00 bits per heavy atom. The number of nitrogens with two attached hydrogens (primary N) is 1. The number of nitrogens with one attached hydrogen (secondary N) is 1. The molecule has 1 aliphatic rings. The van der Waals surface area contributed by atoms with E-state index in [0.717, 1.165) is 0 Å². The smallest absolute Gasteiger partial charge is 0.292 e. The molecule has 7 heteroatoms. The van der Waals surface area contributed by atoms with Crippen molar-refractivity contribution in [1.82, 2.24) is 5.32 Å². The number of carbonyl (C=O) groups is 1. The van der Waals surface area contributed by atoms with Crippen molar-refractivity contribution in [2.45, 2.75) is 37.8 Å². The van der Waals surface area contributed by atoms with Crippen LogP contribution >= 0.6 is 0 Å². The Labute approximate surface area is 115 Å². The van der Waals surface area contributed by atoms with Crippen molar-refractivity contribution in [3.63, 3.8) is 0 Å². The third kappa shape index (κ3) is 3.05. The molecule has 20 heavy (non-hydrogen) atoms. The third-order valence-corrected chi connectivity index (χ3v) is 3.56. The van der Waals surface area contributed by atoms with Crippen LogP contribution in [-0.4, -0.2) is 28.1 Å². The first-order chi connectivity index (χ1) is 9.49. The monoisotopic (exact) mass is 279 g/mol. The SMILES string of the molecule is Nc1c(C(=O)NC2CCC(O)CC2)cccc1[N+](=O)[O-]. The predicted octanol–water partition coefficient (Wildman–Crippen LogP) is 1.21. The molecular weight excluding hydrogens is 262 g/mol. The van der Waals surface area contributed by atoms with E-state index < -0.39 is 10.8 Å². The number of aliphatic hydroxyl groups excluding tert-OH is 1. The van der Waals surface area contributed by atoms with Crippen LogP contribution in [0.4, 0.5) is 11.4 Å². The number of nitro benzene ring substituents is 1. The summed E-state index contributed by atoms with van der Waals surface area (Å²) in [5, 5.41) is 23.0. The number of nitrogens with zero attached hydrogens (tertiary/aromatic N) is 1. The van der Waals surface area contributed by atoms with Crippen molar-refractivity contribution >= 4 is 17.3 Å². The second-order valence-electron chi connectivity index (χ2n) is 4.97. The van der Waals surface area contributed by atoms with Gasteiger partial charge in [0.25, 0.3) is 11.6 Å². The van der Waals surface area contributed by atoms with E-state index in [2.05, 4.69) is 5.32 Å². The molecule has 0 aromatic heterocycles. The van der Waals surface area contributed by atoms with Crippen LogP contribution in [0.3, 0.4) is 0 Å². The third-order valence-electron chi connectivity index (χ3n) is 3.56.